The lowest BCUT2D eigenvalue weighted by molar-refractivity contribution is -0.120. The Morgan fingerprint density at radius 3 is 2.35 bits per heavy atom. The molecule has 110 valence electrons. The Morgan fingerprint density at radius 1 is 1.40 bits per heavy atom. The highest BCUT2D eigenvalue weighted by atomic mass is 16.6. The number of carbonyl (C=O) groups is 2. The van der Waals surface area contributed by atoms with E-state index in [1.807, 2.05) is 20.8 Å². The lowest BCUT2D eigenvalue weighted by Gasteiger charge is -2.43. The summed E-state index contributed by atoms with van der Waals surface area (Å²) in [6.45, 7) is 5.55. The van der Waals surface area contributed by atoms with Crippen LogP contribution < -0.4 is 0 Å². The summed E-state index contributed by atoms with van der Waals surface area (Å²) in [5.74, 6) is 0. The second kappa shape index (κ2) is 5.08. The van der Waals surface area contributed by atoms with Crippen LogP contribution in [0.1, 0.15) is 52.9 Å². The lowest BCUT2D eigenvalue weighted by atomic mass is 9.74. The number of hydrogen-bond acceptors (Lipinski definition) is 4. The second-order valence-electron chi connectivity index (χ2n) is 7.00. The molecular formula is C15H22N2O3. The van der Waals surface area contributed by atoms with E-state index < -0.39 is 11.0 Å². The molecule has 5 nitrogen and oxygen atoms in total. The molecule has 0 aromatic heterocycles. The molecule has 2 aliphatic rings. The van der Waals surface area contributed by atoms with Crippen LogP contribution in [-0.4, -0.2) is 35.0 Å². The van der Waals surface area contributed by atoms with Crippen LogP contribution in [0.5, 0.6) is 0 Å². The molecular weight excluding hydrogens is 256 g/mol. The Balaban J connectivity index is 2.13. The molecule has 1 amide bonds. The molecule has 0 radical (unpaired) electrons. The Labute approximate surface area is 119 Å². The smallest absolute Gasteiger partial charge is 0.410 e. The maximum Gasteiger partial charge on any atom is 0.410 e. The van der Waals surface area contributed by atoms with Gasteiger partial charge in [-0.05, 0) is 46.5 Å². The minimum atomic E-state index is -0.570. The van der Waals surface area contributed by atoms with Gasteiger partial charge in [-0.15, -0.1) is 0 Å². The highest BCUT2D eigenvalue weighted by Gasteiger charge is 2.50. The fourth-order valence-electron chi connectivity index (χ4n) is 3.44. The zero-order chi connectivity index (χ0) is 15.0. The van der Waals surface area contributed by atoms with E-state index in [-0.39, 0.29) is 24.6 Å². The molecule has 2 unspecified atom stereocenters. The normalized spacial score (nSPS) is 32.6. The van der Waals surface area contributed by atoms with Crippen LogP contribution >= 0.6 is 0 Å². The average Bonchev–Trinajstić information content (AvgIpc) is 2.61. The molecule has 2 fully saturated rings. The largest absolute Gasteiger partial charge is 0.444 e. The van der Waals surface area contributed by atoms with Gasteiger partial charge >= 0.3 is 6.09 Å². The predicted molar refractivity (Wildman–Crippen MR) is 72.8 cm³/mol. The fourth-order valence-corrected chi connectivity index (χ4v) is 3.44. The Bertz CT molecular complexity index is 433. The minimum absolute atomic E-state index is 0.0298. The third kappa shape index (κ3) is 2.79. The second-order valence-corrected chi connectivity index (χ2v) is 7.00. The van der Waals surface area contributed by atoms with Crippen molar-refractivity contribution >= 4 is 12.4 Å². The number of hydrogen-bond donors (Lipinski definition) is 0. The van der Waals surface area contributed by atoms with E-state index in [9.17, 15) is 9.59 Å². The number of rotatable bonds is 2. The highest BCUT2D eigenvalue weighted by Crippen LogP contribution is 2.46. The molecule has 0 aromatic rings. The van der Waals surface area contributed by atoms with Gasteiger partial charge < -0.3 is 14.4 Å². The van der Waals surface area contributed by atoms with E-state index in [4.69, 9.17) is 10.00 Å². The van der Waals surface area contributed by atoms with E-state index >= 15 is 0 Å². The first kappa shape index (κ1) is 14.8. The van der Waals surface area contributed by atoms with Crippen LogP contribution in [0.15, 0.2) is 0 Å². The van der Waals surface area contributed by atoms with E-state index in [0.717, 1.165) is 19.1 Å². The molecule has 0 aromatic carbocycles. The molecule has 5 heteroatoms. The average molecular weight is 278 g/mol. The molecule has 2 bridgehead atoms. The minimum Gasteiger partial charge on any atom is -0.444 e. The first-order valence-corrected chi connectivity index (χ1v) is 7.15. The Morgan fingerprint density at radius 2 is 1.95 bits per heavy atom. The van der Waals surface area contributed by atoms with Gasteiger partial charge in [0, 0.05) is 23.9 Å². The maximum atomic E-state index is 12.3. The number of nitriles is 1. The number of piperidine rings is 1. The summed E-state index contributed by atoms with van der Waals surface area (Å²) < 4.78 is 5.45. The van der Waals surface area contributed by atoms with Crippen molar-refractivity contribution in [2.45, 2.75) is 70.6 Å². The van der Waals surface area contributed by atoms with Gasteiger partial charge in [-0.2, -0.15) is 5.26 Å². The van der Waals surface area contributed by atoms with E-state index in [1.54, 1.807) is 4.90 Å². The van der Waals surface area contributed by atoms with Gasteiger partial charge in [0.15, 0.2) is 0 Å². The van der Waals surface area contributed by atoms with Gasteiger partial charge in [-0.25, -0.2) is 4.79 Å². The van der Waals surface area contributed by atoms with Crippen molar-refractivity contribution in [3.8, 4) is 6.07 Å². The van der Waals surface area contributed by atoms with E-state index in [1.165, 1.54) is 0 Å². The van der Waals surface area contributed by atoms with Gasteiger partial charge in [0.05, 0.1) is 6.07 Å². The number of carbonyl (C=O) groups excluding carboxylic acids is 2. The SMILES string of the molecule is CC(C)(C)OC(=O)N1C2CCC1CC(C=O)(CC#N)C2. The molecule has 2 aliphatic heterocycles. The van der Waals surface area contributed by atoms with Gasteiger partial charge in [0.25, 0.3) is 0 Å². The van der Waals surface area contributed by atoms with Gasteiger partial charge in [-0.1, -0.05) is 0 Å². The summed E-state index contributed by atoms with van der Waals surface area (Å²) in [5, 5.41) is 8.92. The van der Waals surface area contributed by atoms with Crippen molar-refractivity contribution in [1.29, 1.82) is 5.26 Å². The number of fused-ring (bicyclic) bond motifs is 2. The van der Waals surface area contributed by atoms with Crippen molar-refractivity contribution in [2.24, 2.45) is 5.41 Å². The van der Waals surface area contributed by atoms with Gasteiger partial charge in [0.1, 0.15) is 11.9 Å². The molecule has 0 aliphatic carbocycles. The molecule has 0 N–H and O–H groups in total. The van der Waals surface area contributed by atoms with Crippen LogP contribution in [0.4, 0.5) is 4.79 Å². The van der Waals surface area contributed by atoms with E-state index in [0.29, 0.717) is 12.8 Å². The third-order valence-electron chi connectivity index (χ3n) is 4.19. The molecule has 2 atom stereocenters. The topological polar surface area (TPSA) is 70.4 Å². The van der Waals surface area contributed by atoms with Crippen molar-refractivity contribution in [1.82, 2.24) is 4.90 Å². The predicted octanol–water partition coefficient (Wildman–Crippen LogP) is 2.65. The molecule has 2 rings (SSSR count). The number of nitrogens with zero attached hydrogens (tertiary/aromatic N) is 2. The zero-order valence-electron chi connectivity index (χ0n) is 12.4. The quantitative estimate of drug-likeness (QED) is 0.728. The molecule has 0 spiro atoms. The maximum absolute atomic E-state index is 12.3. The first-order chi connectivity index (χ1) is 9.30. The first-order valence-electron chi connectivity index (χ1n) is 7.15. The number of aldehydes is 1. The third-order valence-corrected chi connectivity index (χ3v) is 4.19. The van der Waals surface area contributed by atoms with Crippen molar-refractivity contribution in [3.63, 3.8) is 0 Å². The fraction of sp³-hybridized carbons (Fsp3) is 0.800. The highest BCUT2D eigenvalue weighted by molar-refractivity contribution is 5.71. The van der Waals surface area contributed by atoms with Gasteiger partial charge in [-0.3, -0.25) is 0 Å². The summed E-state index contributed by atoms with van der Waals surface area (Å²) in [7, 11) is 0. The Hall–Kier alpha value is -1.57. The monoisotopic (exact) mass is 278 g/mol. The standard InChI is InChI=1S/C15H22N2O3/c1-14(2,3)20-13(19)17-11-4-5-12(17)9-15(8-11,10-18)6-7-16/h10-12H,4-6,8-9H2,1-3H3. The molecule has 20 heavy (non-hydrogen) atoms. The van der Waals surface area contributed by atoms with Crippen molar-refractivity contribution in [2.75, 3.05) is 0 Å². The summed E-state index contributed by atoms with van der Waals surface area (Å²) >= 11 is 0. The Kier molecular flexibility index (Phi) is 3.77. The molecule has 2 saturated heterocycles. The summed E-state index contributed by atoms with van der Waals surface area (Å²) in [6.07, 6.45) is 3.83. The number of ether oxygens (including phenoxy) is 1. The molecule has 0 saturated carbocycles. The zero-order valence-corrected chi connectivity index (χ0v) is 12.4. The van der Waals surface area contributed by atoms with Crippen LogP contribution in [0.25, 0.3) is 0 Å². The van der Waals surface area contributed by atoms with Crippen LogP contribution in [0, 0.1) is 16.7 Å². The molecule has 2 heterocycles. The van der Waals surface area contributed by atoms with Crippen LogP contribution in [0.3, 0.4) is 0 Å². The lowest BCUT2D eigenvalue weighted by Crippen LogP contribution is -2.52. The van der Waals surface area contributed by atoms with Crippen LogP contribution in [0.2, 0.25) is 0 Å². The summed E-state index contributed by atoms with van der Waals surface area (Å²) in [4.78, 5) is 25.5. The summed E-state index contributed by atoms with van der Waals surface area (Å²) in [6, 6.07) is 2.17. The van der Waals surface area contributed by atoms with E-state index in [2.05, 4.69) is 6.07 Å². The van der Waals surface area contributed by atoms with Crippen LogP contribution in [-0.2, 0) is 9.53 Å². The van der Waals surface area contributed by atoms with Crippen molar-refractivity contribution in [3.05, 3.63) is 0 Å². The summed E-state index contributed by atoms with van der Waals surface area (Å²) in [5.41, 5.74) is -1.08. The number of amides is 1. The van der Waals surface area contributed by atoms with Crippen molar-refractivity contribution < 1.29 is 14.3 Å². The van der Waals surface area contributed by atoms with Gasteiger partial charge in [0.2, 0.25) is 0 Å².